The molecular formula is C24H24ClN3O3S. The highest BCUT2D eigenvalue weighted by molar-refractivity contribution is 7.98. The van der Waals surface area contributed by atoms with Gasteiger partial charge in [0.1, 0.15) is 6.04 Å². The van der Waals surface area contributed by atoms with Crippen molar-refractivity contribution in [3.05, 3.63) is 83.4 Å². The Hall–Kier alpha value is -3.03. The standard InChI is InChI=1S/C24H24ClN3O3S/c1-32-13-9-22(24(30)31)27-23(29)20-8-7-17(4-3-11-28-12-10-26-16-28)14-21(20)18-5-2-6-19(25)15-18/h2-8,10,12,14-16,22H,9,11,13H2,1H3,(H,27,29)(H,30,31)/t22-/m0/s1. The van der Waals surface area contributed by atoms with Crippen LogP contribution in [0.3, 0.4) is 0 Å². The van der Waals surface area contributed by atoms with Crippen LogP contribution >= 0.6 is 23.4 Å². The van der Waals surface area contributed by atoms with Crippen molar-refractivity contribution in [3.8, 4) is 11.1 Å². The second-order valence-electron chi connectivity index (χ2n) is 7.12. The molecule has 8 heteroatoms. The lowest BCUT2D eigenvalue weighted by Gasteiger charge is -2.16. The van der Waals surface area contributed by atoms with Crippen LogP contribution in [0.25, 0.3) is 17.2 Å². The molecule has 0 radical (unpaired) electrons. The van der Waals surface area contributed by atoms with Gasteiger partial charge < -0.3 is 15.0 Å². The Labute approximate surface area is 196 Å². The van der Waals surface area contributed by atoms with Gasteiger partial charge in [0.05, 0.1) is 6.33 Å². The molecule has 0 unspecified atom stereocenters. The second-order valence-corrected chi connectivity index (χ2v) is 8.55. The number of carboxylic acid groups (broad SMARTS) is 1. The van der Waals surface area contributed by atoms with Gasteiger partial charge in [0.15, 0.2) is 0 Å². The van der Waals surface area contributed by atoms with Gasteiger partial charge in [-0.2, -0.15) is 11.8 Å². The van der Waals surface area contributed by atoms with Gasteiger partial charge in [-0.15, -0.1) is 0 Å². The molecule has 0 spiro atoms. The van der Waals surface area contributed by atoms with E-state index >= 15 is 0 Å². The predicted molar refractivity (Wildman–Crippen MR) is 130 cm³/mol. The monoisotopic (exact) mass is 469 g/mol. The summed E-state index contributed by atoms with van der Waals surface area (Å²) >= 11 is 7.72. The van der Waals surface area contributed by atoms with Crippen molar-refractivity contribution in [2.24, 2.45) is 0 Å². The van der Waals surface area contributed by atoms with E-state index in [0.29, 0.717) is 34.9 Å². The van der Waals surface area contributed by atoms with Gasteiger partial charge in [0.2, 0.25) is 0 Å². The number of benzene rings is 2. The number of carbonyl (C=O) groups excluding carboxylic acids is 1. The van der Waals surface area contributed by atoms with Crippen molar-refractivity contribution in [1.82, 2.24) is 14.9 Å². The zero-order valence-corrected chi connectivity index (χ0v) is 19.1. The summed E-state index contributed by atoms with van der Waals surface area (Å²) in [5, 5.41) is 12.7. The Morgan fingerprint density at radius 1 is 1.28 bits per heavy atom. The summed E-state index contributed by atoms with van der Waals surface area (Å²) in [6, 6.07) is 11.8. The van der Waals surface area contributed by atoms with Crippen molar-refractivity contribution in [1.29, 1.82) is 0 Å². The molecule has 2 aromatic carbocycles. The fourth-order valence-corrected chi connectivity index (χ4v) is 3.85. The molecule has 1 heterocycles. The van der Waals surface area contributed by atoms with Crippen LogP contribution in [0, 0.1) is 0 Å². The van der Waals surface area contributed by atoms with Gasteiger partial charge in [-0.3, -0.25) is 4.79 Å². The number of imidazole rings is 1. The first-order valence-corrected chi connectivity index (χ1v) is 11.8. The molecule has 0 fully saturated rings. The molecule has 2 N–H and O–H groups in total. The fourth-order valence-electron chi connectivity index (χ4n) is 3.19. The Morgan fingerprint density at radius 2 is 2.12 bits per heavy atom. The average Bonchev–Trinajstić information content (AvgIpc) is 3.29. The number of aliphatic carboxylic acids is 1. The molecule has 1 aromatic heterocycles. The Morgan fingerprint density at radius 3 is 2.81 bits per heavy atom. The lowest BCUT2D eigenvalue weighted by molar-refractivity contribution is -0.139. The van der Waals surface area contributed by atoms with Crippen molar-refractivity contribution < 1.29 is 14.7 Å². The highest BCUT2D eigenvalue weighted by Crippen LogP contribution is 2.28. The third kappa shape index (κ3) is 6.48. The number of carbonyl (C=O) groups is 2. The number of allylic oxidation sites excluding steroid dienone is 1. The fraction of sp³-hybridized carbons (Fsp3) is 0.208. The van der Waals surface area contributed by atoms with Crippen LogP contribution in [0.5, 0.6) is 0 Å². The number of hydrogen-bond donors (Lipinski definition) is 2. The highest BCUT2D eigenvalue weighted by Gasteiger charge is 2.22. The van der Waals surface area contributed by atoms with Crippen LogP contribution < -0.4 is 5.32 Å². The third-order valence-electron chi connectivity index (χ3n) is 4.82. The molecular weight excluding hydrogens is 446 g/mol. The Kier molecular flexibility index (Phi) is 8.53. The van der Waals surface area contributed by atoms with E-state index in [0.717, 1.165) is 11.1 Å². The van der Waals surface area contributed by atoms with E-state index in [2.05, 4.69) is 10.3 Å². The van der Waals surface area contributed by atoms with Crippen LogP contribution in [-0.2, 0) is 11.3 Å². The Bertz CT molecular complexity index is 1100. The van der Waals surface area contributed by atoms with Crippen LogP contribution in [0.15, 0.2) is 67.3 Å². The zero-order valence-electron chi connectivity index (χ0n) is 17.6. The lowest BCUT2D eigenvalue weighted by atomic mass is 9.96. The van der Waals surface area contributed by atoms with Crippen molar-refractivity contribution in [3.63, 3.8) is 0 Å². The predicted octanol–water partition coefficient (Wildman–Crippen LogP) is 4.85. The van der Waals surface area contributed by atoms with E-state index in [4.69, 9.17) is 11.6 Å². The second kappa shape index (κ2) is 11.5. The summed E-state index contributed by atoms with van der Waals surface area (Å²) in [7, 11) is 0. The summed E-state index contributed by atoms with van der Waals surface area (Å²) in [6.07, 6.45) is 11.6. The molecule has 0 aliphatic carbocycles. The summed E-state index contributed by atoms with van der Waals surface area (Å²) in [5.74, 6) is -0.836. The quantitative estimate of drug-likeness (QED) is 0.443. The largest absolute Gasteiger partial charge is 0.480 e. The SMILES string of the molecule is CSCC[C@H](NC(=O)c1ccc(C=CCn2ccnc2)cc1-c1cccc(Cl)c1)C(=O)O. The number of rotatable bonds is 10. The number of carboxylic acids is 1. The maximum absolute atomic E-state index is 13.0. The molecule has 0 saturated carbocycles. The number of amides is 1. The molecule has 1 atom stereocenters. The number of thioether (sulfide) groups is 1. The minimum Gasteiger partial charge on any atom is -0.480 e. The van der Waals surface area contributed by atoms with Gasteiger partial charge in [-0.05, 0) is 59.4 Å². The first-order valence-electron chi connectivity index (χ1n) is 10.0. The average molecular weight is 470 g/mol. The van der Waals surface area contributed by atoms with E-state index < -0.39 is 17.9 Å². The lowest BCUT2D eigenvalue weighted by Crippen LogP contribution is -2.41. The van der Waals surface area contributed by atoms with E-state index in [1.165, 1.54) is 11.8 Å². The summed E-state index contributed by atoms with van der Waals surface area (Å²) in [5.41, 5.74) is 2.77. The highest BCUT2D eigenvalue weighted by atomic mass is 35.5. The molecule has 1 amide bonds. The van der Waals surface area contributed by atoms with E-state index in [9.17, 15) is 14.7 Å². The number of halogens is 1. The molecule has 32 heavy (non-hydrogen) atoms. The van der Waals surface area contributed by atoms with Crippen LogP contribution in [0.4, 0.5) is 0 Å². The number of hydrogen-bond acceptors (Lipinski definition) is 4. The van der Waals surface area contributed by atoms with E-state index in [1.807, 2.05) is 53.4 Å². The van der Waals surface area contributed by atoms with Gasteiger partial charge in [-0.1, -0.05) is 42.0 Å². The minimum absolute atomic E-state index is 0.351. The third-order valence-corrected chi connectivity index (χ3v) is 5.70. The molecule has 3 rings (SSSR count). The molecule has 3 aromatic rings. The topological polar surface area (TPSA) is 84.2 Å². The maximum Gasteiger partial charge on any atom is 0.326 e. The number of nitrogens with one attached hydrogen (secondary N) is 1. The smallest absolute Gasteiger partial charge is 0.326 e. The molecule has 6 nitrogen and oxygen atoms in total. The molecule has 0 bridgehead atoms. The zero-order chi connectivity index (χ0) is 22.9. The van der Waals surface area contributed by atoms with Crippen LogP contribution in [0.1, 0.15) is 22.3 Å². The number of nitrogens with zero attached hydrogens (tertiary/aromatic N) is 2. The van der Waals surface area contributed by atoms with Crippen molar-refractivity contribution in [2.45, 2.75) is 19.0 Å². The van der Waals surface area contributed by atoms with Gasteiger partial charge >= 0.3 is 5.97 Å². The molecule has 166 valence electrons. The van der Waals surface area contributed by atoms with Gasteiger partial charge in [0.25, 0.3) is 5.91 Å². The summed E-state index contributed by atoms with van der Waals surface area (Å²) in [4.78, 5) is 28.6. The van der Waals surface area contributed by atoms with Crippen molar-refractivity contribution in [2.75, 3.05) is 12.0 Å². The maximum atomic E-state index is 13.0. The first kappa shape index (κ1) is 23.6. The molecule has 0 aliphatic rings. The summed E-state index contributed by atoms with van der Waals surface area (Å²) < 4.78 is 1.94. The van der Waals surface area contributed by atoms with Crippen LogP contribution in [-0.4, -0.2) is 44.6 Å². The van der Waals surface area contributed by atoms with E-state index in [-0.39, 0.29) is 0 Å². The first-order chi connectivity index (χ1) is 15.5. The van der Waals surface area contributed by atoms with E-state index in [1.54, 1.807) is 30.7 Å². The summed E-state index contributed by atoms with van der Waals surface area (Å²) in [6.45, 7) is 0.671. The van der Waals surface area contributed by atoms with Crippen molar-refractivity contribution >= 4 is 41.3 Å². The minimum atomic E-state index is -1.05. The Balaban J connectivity index is 1.91. The van der Waals surface area contributed by atoms with Crippen LogP contribution in [0.2, 0.25) is 5.02 Å². The van der Waals surface area contributed by atoms with Gasteiger partial charge in [-0.25, -0.2) is 9.78 Å². The molecule has 0 saturated heterocycles. The van der Waals surface area contributed by atoms with Gasteiger partial charge in [0, 0.05) is 29.5 Å². The number of aromatic nitrogens is 2. The molecule has 0 aliphatic heterocycles. The normalized spacial score (nSPS) is 12.1.